The van der Waals surface area contributed by atoms with Gasteiger partial charge < -0.3 is 19.9 Å². The molecule has 0 radical (unpaired) electrons. The molecule has 1 aliphatic heterocycles. The molecule has 1 aromatic carbocycles. The molecule has 9 heteroatoms. The van der Waals surface area contributed by atoms with Crippen molar-refractivity contribution in [1.82, 2.24) is 4.98 Å². The predicted octanol–water partition coefficient (Wildman–Crippen LogP) is 1.88. The van der Waals surface area contributed by atoms with Crippen LogP contribution in [-0.2, 0) is 14.6 Å². The van der Waals surface area contributed by atoms with Crippen LogP contribution in [0.4, 0.5) is 5.13 Å². The first kappa shape index (κ1) is 17.2. The number of aliphatic hydroxyl groups excluding tert-OH is 1. The van der Waals surface area contributed by atoms with Crippen molar-refractivity contribution in [2.24, 2.45) is 5.92 Å². The largest absolute Gasteiger partial charge is 0.560 e. The predicted molar refractivity (Wildman–Crippen MR) is 90.8 cm³/mol. The van der Waals surface area contributed by atoms with Crippen molar-refractivity contribution >= 4 is 26.3 Å². The Labute approximate surface area is 144 Å². The van der Waals surface area contributed by atoms with Gasteiger partial charge in [-0.1, -0.05) is 12.1 Å². The topological polar surface area (TPSA) is 101 Å². The number of hydrogen-bond acceptors (Lipinski definition) is 7. The SMILES string of the molecule is CC1COC1[OH+]c1cccc(C(O)Nc2nc(S(C)(=O)=O)cs2)c1. The highest BCUT2D eigenvalue weighted by Crippen LogP contribution is 2.28. The summed E-state index contributed by atoms with van der Waals surface area (Å²) in [6.45, 7) is 2.78. The Morgan fingerprint density at radius 2 is 2.29 bits per heavy atom. The Morgan fingerprint density at radius 3 is 2.88 bits per heavy atom. The monoisotopic (exact) mass is 371 g/mol. The molecular formula is C15H19N2O5S2+. The lowest BCUT2D eigenvalue weighted by Crippen LogP contribution is -2.40. The summed E-state index contributed by atoms with van der Waals surface area (Å²) < 4.78 is 32.7. The van der Waals surface area contributed by atoms with E-state index in [4.69, 9.17) is 4.74 Å². The molecule has 2 heterocycles. The molecule has 3 unspecified atom stereocenters. The lowest BCUT2D eigenvalue weighted by atomic mass is 10.1. The van der Waals surface area contributed by atoms with E-state index in [1.165, 1.54) is 5.38 Å². The molecule has 2 aromatic rings. The molecule has 1 fully saturated rings. The van der Waals surface area contributed by atoms with Gasteiger partial charge in [-0.15, -0.1) is 11.3 Å². The first-order valence-electron chi connectivity index (χ1n) is 7.35. The van der Waals surface area contributed by atoms with Crippen LogP contribution in [0.15, 0.2) is 34.7 Å². The van der Waals surface area contributed by atoms with Gasteiger partial charge in [0.05, 0.1) is 12.5 Å². The smallest absolute Gasteiger partial charge is 0.300 e. The number of rotatable bonds is 6. The zero-order valence-electron chi connectivity index (χ0n) is 13.2. The molecule has 130 valence electrons. The third-order valence-corrected chi connectivity index (χ3v) is 5.49. The Balaban J connectivity index is 1.68. The second kappa shape index (κ2) is 6.67. The second-order valence-electron chi connectivity index (χ2n) is 5.74. The fraction of sp³-hybridized carbons (Fsp3) is 0.400. The fourth-order valence-electron chi connectivity index (χ4n) is 2.16. The Hall–Kier alpha value is -1.68. The summed E-state index contributed by atoms with van der Waals surface area (Å²) in [5.41, 5.74) is 0.610. The van der Waals surface area contributed by atoms with Crippen LogP contribution in [0.1, 0.15) is 18.7 Å². The number of nitrogens with one attached hydrogen (secondary N) is 1. The van der Waals surface area contributed by atoms with Crippen LogP contribution in [-0.4, -0.2) is 42.4 Å². The van der Waals surface area contributed by atoms with Crippen molar-refractivity contribution in [3.63, 3.8) is 0 Å². The molecule has 0 bridgehead atoms. The maximum atomic E-state index is 11.4. The zero-order chi connectivity index (χ0) is 17.3. The molecule has 0 amide bonds. The maximum Gasteiger partial charge on any atom is 0.300 e. The van der Waals surface area contributed by atoms with Crippen LogP contribution in [0.2, 0.25) is 0 Å². The van der Waals surface area contributed by atoms with Crippen LogP contribution in [0.5, 0.6) is 5.75 Å². The van der Waals surface area contributed by atoms with Crippen molar-refractivity contribution < 1.29 is 23.0 Å². The molecular weight excluding hydrogens is 352 g/mol. The van der Waals surface area contributed by atoms with E-state index in [9.17, 15) is 13.5 Å². The van der Waals surface area contributed by atoms with E-state index in [0.717, 1.165) is 23.3 Å². The molecule has 0 spiro atoms. The van der Waals surface area contributed by atoms with Gasteiger partial charge in [0.1, 0.15) is 0 Å². The van der Waals surface area contributed by atoms with Gasteiger partial charge in [-0.05, 0) is 6.92 Å². The summed E-state index contributed by atoms with van der Waals surface area (Å²) in [7, 11) is -3.36. The number of thiazole rings is 1. The highest BCUT2D eigenvalue weighted by atomic mass is 32.2. The number of sulfone groups is 1. The van der Waals surface area contributed by atoms with Crippen LogP contribution in [0.25, 0.3) is 0 Å². The molecule has 1 aromatic heterocycles. The van der Waals surface area contributed by atoms with Gasteiger partial charge in [0.15, 0.2) is 26.2 Å². The standard InChI is InChI=1S/C15H18N2O5S2/c1-9-7-21-14(9)22-11-5-3-4-10(6-11)13(18)17-15-16-12(8-23-15)24(2,19)20/h3-6,8-9,13-14,18H,7H2,1-2H3,(H,16,17)/p+1. The van der Waals surface area contributed by atoms with Gasteiger partial charge in [-0.25, -0.2) is 13.4 Å². The number of aliphatic hydroxyl groups is 2. The zero-order valence-corrected chi connectivity index (χ0v) is 14.8. The van der Waals surface area contributed by atoms with E-state index in [-0.39, 0.29) is 11.3 Å². The molecule has 3 N–H and O–H groups in total. The molecule has 24 heavy (non-hydrogen) atoms. The summed E-state index contributed by atoms with van der Waals surface area (Å²) in [5, 5.41) is 14.9. The number of ether oxygens (including phenoxy) is 2. The molecule has 1 saturated heterocycles. The van der Waals surface area contributed by atoms with Crippen LogP contribution >= 0.6 is 11.3 Å². The van der Waals surface area contributed by atoms with E-state index in [0.29, 0.717) is 23.2 Å². The minimum absolute atomic E-state index is 0.0120. The highest BCUT2D eigenvalue weighted by molar-refractivity contribution is 7.90. The van der Waals surface area contributed by atoms with E-state index < -0.39 is 16.1 Å². The lowest BCUT2D eigenvalue weighted by molar-refractivity contribution is -0.291. The molecule has 7 nitrogen and oxygen atoms in total. The quantitative estimate of drug-likeness (QED) is 0.594. The number of hydrogen-bond donors (Lipinski definition) is 2. The van der Waals surface area contributed by atoms with Gasteiger partial charge >= 0.3 is 6.29 Å². The van der Waals surface area contributed by atoms with E-state index in [1.54, 1.807) is 18.2 Å². The number of aromatic nitrogens is 1. The van der Waals surface area contributed by atoms with Crippen molar-refractivity contribution in [3.8, 4) is 5.75 Å². The van der Waals surface area contributed by atoms with Gasteiger partial charge in [0, 0.05) is 29.3 Å². The Kier molecular flexibility index (Phi) is 4.77. The summed E-state index contributed by atoms with van der Waals surface area (Å²) in [4.78, 5) is 3.97. The van der Waals surface area contributed by atoms with E-state index in [2.05, 4.69) is 22.0 Å². The third-order valence-electron chi connectivity index (χ3n) is 3.60. The third kappa shape index (κ3) is 3.86. The van der Waals surface area contributed by atoms with Gasteiger partial charge in [-0.2, -0.15) is 0 Å². The number of aromatic hydroxyl groups is 1. The maximum absolute atomic E-state index is 11.4. The van der Waals surface area contributed by atoms with Gasteiger partial charge in [0.2, 0.25) is 0 Å². The summed E-state index contributed by atoms with van der Waals surface area (Å²) in [5.74, 6) is 1.11. The number of nitrogens with zero attached hydrogens (tertiary/aromatic N) is 1. The van der Waals surface area contributed by atoms with E-state index in [1.807, 2.05) is 6.07 Å². The van der Waals surface area contributed by atoms with Crippen molar-refractivity contribution in [2.75, 3.05) is 18.2 Å². The van der Waals surface area contributed by atoms with Crippen LogP contribution in [0, 0.1) is 5.92 Å². The van der Waals surface area contributed by atoms with Crippen molar-refractivity contribution in [2.45, 2.75) is 24.5 Å². The van der Waals surface area contributed by atoms with Crippen molar-refractivity contribution in [1.29, 1.82) is 0 Å². The van der Waals surface area contributed by atoms with Crippen molar-refractivity contribution in [3.05, 3.63) is 35.2 Å². The molecule has 1 aliphatic rings. The Morgan fingerprint density at radius 1 is 1.50 bits per heavy atom. The molecule has 3 atom stereocenters. The fourth-order valence-corrected chi connectivity index (χ4v) is 3.91. The summed E-state index contributed by atoms with van der Waals surface area (Å²) in [6, 6.07) is 7.16. The number of benzene rings is 1. The molecule has 3 rings (SSSR count). The first-order chi connectivity index (χ1) is 11.3. The first-order valence-corrected chi connectivity index (χ1v) is 10.1. The molecule has 0 aliphatic carbocycles. The number of anilines is 1. The van der Waals surface area contributed by atoms with Crippen LogP contribution < -0.4 is 5.32 Å². The minimum atomic E-state index is -3.36. The van der Waals surface area contributed by atoms with Gasteiger partial charge in [0.25, 0.3) is 5.75 Å². The van der Waals surface area contributed by atoms with Crippen LogP contribution in [0.3, 0.4) is 0 Å². The molecule has 0 saturated carbocycles. The average molecular weight is 371 g/mol. The second-order valence-corrected chi connectivity index (χ2v) is 8.56. The van der Waals surface area contributed by atoms with Gasteiger partial charge in [-0.3, -0.25) is 0 Å². The lowest BCUT2D eigenvalue weighted by Gasteiger charge is -2.30. The highest BCUT2D eigenvalue weighted by Gasteiger charge is 2.34. The Bertz CT molecular complexity index is 821. The average Bonchev–Trinajstić information content (AvgIpc) is 3.00. The summed E-state index contributed by atoms with van der Waals surface area (Å²) in [6.07, 6.45) is -0.0587. The minimum Gasteiger partial charge on any atom is -0.560 e. The summed E-state index contributed by atoms with van der Waals surface area (Å²) >= 11 is 1.12. The van der Waals surface area contributed by atoms with E-state index >= 15 is 0 Å². The normalized spacial score (nSPS) is 21.8.